The molecule has 1 rings (SSSR count). The SMILES string of the molecule is CC(C)C1CC(O)C(CO)=CC1O. The highest BCUT2D eigenvalue weighted by Crippen LogP contribution is 2.29. The van der Waals surface area contributed by atoms with Crippen LogP contribution in [0.25, 0.3) is 0 Å². The lowest BCUT2D eigenvalue weighted by molar-refractivity contribution is 0.0546. The molecule has 3 N–H and O–H groups in total. The summed E-state index contributed by atoms with van der Waals surface area (Å²) in [6, 6.07) is 0. The van der Waals surface area contributed by atoms with Gasteiger partial charge in [-0.3, -0.25) is 0 Å². The Kier molecular flexibility index (Phi) is 3.47. The molecule has 3 heteroatoms. The number of hydrogen-bond donors (Lipinski definition) is 3. The molecular formula is C10H18O3. The Morgan fingerprint density at radius 1 is 1.46 bits per heavy atom. The molecule has 0 saturated carbocycles. The number of hydrogen-bond acceptors (Lipinski definition) is 3. The van der Waals surface area contributed by atoms with Crippen LogP contribution in [0.1, 0.15) is 20.3 Å². The predicted molar refractivity (Wildman–Crippen MR) is 50.1 cm³/mol. The van der Waals surface area contributed by atoms with Crippen LogP contribution in [0.15, 0.2) is 11.6 Å². The highest BCUT2D eigenvalue weighted by Gasteiger charge is 2.30. The van der Waals surface area contributed by atoms with Gasteiger partial charge < -0.3 is 15.3 Å². The molecule has 0 aromatic heterocycles. The molecule has 76 valence electrons. The first kappa shape index (κ1) is 10.7. The van der Waals surface area contributed by atoms with Crippen molar-refractivity contribution in [1.29, 1.82) is 0 Å². The maximum Gasteiger partial charge on any atom is 0.0776 e. The number of rotatable bonds is 2. The van der Waals surface area contributed by atoms with Gasteiger partial charge in [-0.05, 0) is 23.8 Å². The zero-order valence-corrected chi connectivity index (χ0v) is 8.14. The van der Waals surface area contributed by atoms with Crippen molar-refractivity contribution in [3.8, 4) is 0 Å². The van der Waals surface area contributed by atoms with Gasteiger partial charge in [0.1, 0.15) is 0 Å². The van der Waals surface area contributed by atoms with Crippen molar-refractivity contribution in [2.75, 3.05) is 6.61 Å². The Hall–Kier alpha value is -0.380. The van der Waals surface area contributed by atoms with Crippen LogP contribution in [-0.4, -0.2) is 34.1 Å². The van der Waals surface area contributed by atoms with Gasteiger partial charge in [-0.1, -0.05) is 19.9 Å². The van der Waals surface area contributed by atoms with E-state index >= 15 is 0 Å². The summed E-state index contributed by atoms with van der Waals surface area (Å²) in [5.74, 6) is 0.450. The monoisotopic (exact) mass is 186 g/mol. The molecule has 3 atom stereocenters. The fraction of sp³-hybridized carbons (Fsp3) is 0.800. The van der Waals surface area contributed by atoms with E-state index in [1.165, 1.54) is 0 Å². The summed E-state index contributed by atoms with van der Waals surface area (Å²) in [4.78, 5) is 0. The largest absolute Gasteiger partial charge is 0.392 e. The van der Waals surface area contributed by atoms with Gasteiger partial charge in [-0.2, -0.15) is 0 Å². The molecule has 0 spiro atoms. The van der Waals surface area contributed by atoms with E-state index in [1.54, 1.807) is 6.08 Å². The van der Waals surface area contributed by atoms with Crippen LogP contribution in [-0.2, 0) is 0 Å². The fourth-order valence-electron chi connectivity index (χ4n) is 1.83. The van der Waals surface area contributed by atoms with Crippen LogP contribution in [0.4, 0.5) is 0 Å². The van der Waals surface area contributed by atoms with E-state index < -0.39 is 12.2 Å². The molecule has 1 aliphatic rings. The van der Waals surface area contributed by atoms with Gasteiger partial charge in [0.05, 0.1) is 18.8 Å². The molecule has 0 saturated heterocycles. The van der Waals surface area contributed by atoms with Crippen molar-refractivity contribution in [2.24, 2.45) is 11.8 Å². The molecule has 0 aromatic rings. The van der Waals surface area contributed by atoms with Crippen molar-refractivity contribution in [2.45, 2.75) is 32.5 Å². The summed E-state index contributed by atoms with van der Waals surface area (Å²) < 4.78 is 0. The molecule has 13 heavy (non-hydrogen) atoms. The smallest absolute Gasteiger partial charge is 0.0776 e. The van der Waals surface area contributed by atoms with Crippen LogP contribution in [0.5, 0.6) is 0 Å². The van der Waals surface area contributed by atoms with Crippen molar-refractivity contribution in [1.82, 2.24) is 0 Å². The third kappa shape index (κ3) is 2.30. The van der Waals surface area contributed by atoms with E-state index in [-0.39, 0.29) is 12.5 Å². The van der Waals surface area contributed by atoms with Crippen LogP contribution in [0.2, 0.25) is 0 Å². The van der Waals surface area contributed by atoms with E-state index in [2.05, 4.69) is 0 Å². The average Bonchev–Trinajstić information content (AvgIpc) is 2.07. The van der Waals surface area contributed by atoms with Gasteiger partial charge in [0, 0.05) is 0 Å². The van der Waals surface area contributed by atoms with Crippen molar-refractivity contribution >= 4 is 0 Å². The van der Waals surface area contributed by atoms with Gasteiger partial charge >= 0.3 is 0 Å². The first-order chi connectivity index (χ1) is 6.06. The highest BCUT2D eigenvalue weighted by atomic mass is 16.3. The average molecular weight is 186 g/mol. The summed E-state index contributed by atoms with van der Waals surface area (Å²) in [6.45, 7) is 3.89. The maximum atomic E-state index is 9.66. The molecule has 3 unspecified atom stereocenters. The Morgan fingerprint density at radius 3 is 2.54 bits per heavy atom. The van der Waals surface area contributed by atoms with Crippen LogP contribution >= 0.6 is 0 Å². The first-order valence-corrected chi connectivity index (χ1v) is 4.73. The van der Waals surface area contributed by atoms with Gasteiger partial charge in [0.25, 0.3) is 0 Å². The van der Waals surface area contributed by atoms with E-state index in [1.807, 2.05) is 13.8 Å². The highest BCUT2D eigenvalue weighted by molar-refractivity contribution is 5.16. The standard InChI is InChI=1S/C10H18O3/c1-6(2)8-4-9(12)7(5-11)3-10(8)13/h3,6,8-13H,4-5H2,1-2H3. The predicted octanol–water partition coefficient (Wildman–Crippen LogP) is 0.303. The fourth-order valence-corrected chi connectivity index (χ4v) is 1.83. The van der Waals surface area contributed by atoms with E-state index in [9.17, 15) is 10.2 Å². The molecule has 0 amide bonds. The van der Waals surface area contributed by atoms with Crippen LogP contribution in [0, 0.1) is 11.8 Å². The summed E-state index contributed by atoms with van der Waals surface area (Å²) in [5.41, 5.74) is 0.546. The van der Waals surface area contributed by atoms with Crippen molar-refractivity contribution in [3.63, 3.8) is 0 Å². The normalized spacial score (nSPS) is 34.9. The molecule has 3 nitrogen and oxygen atoms in total. The Bertz CT molecular complexity index is 198. The van der Waals surface area contributed by atoms with Crippen LogP contribution < -0.4 is 0 Å². The quantitative estimate of drug-likeness (QED) is 0.544. The number of aliphatic hydroxyl groups is 3. The van der Waals surface area contributed by atoms with E-state index in [0.717, 1.165) is 0 Å². The second-order valence-electron chi connectivity index (χ2n) is 4.05. The zero-order valence-electron chi connectivity index (χ0n) is 8.14. The van der Waals surface area contributed by atoms with Crippen LogP contribution in [0.3, 0.4) is 0 Å². The second-order valence-corrected chi connectivity index (χ2v) is 4.05. The zero-order chi connectivity index (χ0) is 10.0. The molecule has 0 radical (unpaired) electrons. The van der Waals surface area contributed by atoms with E-state index in [4.69, 9.17) is 5.11 Å². The third-order valence-corrected chi connectivity index (χ3v) is 2.79. The summed E-state index contributed by atoms with van der Waals surface area (Å²) >= 11 is 0. The maximum absolute atomic E-state index is 9.66. The lowest BCUT2D eigenvalue weighted by Crippen LogP contribution is -2.34. The minimum atomic E-state index is -0.583. The van der Waals surface area contributed by atoms with E-state index in [0.29, 0.717) is 17.9 Å². The topological polar surface area (TPSA) is 60.7 Å². The second kappa shape index (κ2) is 4.22. The van der Waals surface area contributed by atoms with Gasteiger partial charge in [-0.25, -0.2) is 0 Å². The molecule has 0 aliphatic heterocycles. The van der Waals surface area contributed by atoms with Gasteiger partial charge in [-0.15, -0.1) is 0 Å². The summed E-state index contributed by atoms with van der Waals surface area (Å²) in [7, 11) is 0. The summed E-state index contributed by atoms with van der Waals surface area (Å²) in [5, 5.41) is 28.1. The minimum absolute atomic E-state index is 0.102. The first-order valence-electron chi connectivity index (χ1n) is 4.73. The van der Waals surface area contributed by atoms with Crippen molar-refractivity contribution < 1.29 is 15.3 Å². The molecule has 0 aromatic carbocycles. The third-order valence-electron chi connectivity index (χ3n) is 2.79. The molecule has 0 fully saturated rings. The molecule has 0 bridgehead atoms. The number of aliphatic hydroxyl groups excluding tert-OH is 3. The Labute approximate surface area is 78.7 Å². The molecule has 1 aliphatic carbocycles. The minimum Gasteiger partial charge on any atom is -0.392 e. The Balaban J connectivity index is 2.74. The van der Waals surface area contributed by atoms with Gasteiger partial charge in [0.2, 0.25) is 0 Å². The van der Waals surface area contributed by atoms with Crippen molar-refractivity contribution in [3.05, 3.63) is 11.6 Å². The lowest BCUT2D eigenvalue weighted by atomic mass is 9.79. The molecule has 0 heterocycles. The Morgan fingerprint density at radius 2 is 2.08 bits per heavy atom. The van der Waals surface area contributed by atoms with Gasteiger partial charge in [0.15, 0.2) is 0 Å². The summed E-state index contributed by atoms with van der Waals surface area (Å²) in [6.07, 6.45) is 1.02. The lowest BCUT2D eigenvalue weighted by Gasteiger charge is -2.32. The molecular weight excluding hydrogens is 168 g/mol.